The first-order chi connectivity index (χ1) is 9.62. The van der Waals surface area contributed by atoms with Crippen molar-refractivity contribution in [1.82, 2.24) is 24.9 Å². The first-order valence-electron chi connectivity index (χ1n) is 6.25. The van der Waals surface area contributed by atoms with E-state index in [9.17, 15) is 0 Å². The van der Waals surface area contributed by atoms with Gasteiger partial charge in [0.1, 0.15) is 0 Å². The van der Waals surface area contributed by atoms with Crippen molar-refractivity contribution < 1.29 is 0 Å². The van der Waals surface area contributed by atoms with E-state index >= 15 is 0 Å². The molecule has 0 aromatic carbocycles. The van der Waals surface area contributed by atoms with Crippen LogP contribution in [0.15, 0.2) is 22.7 Å². The van der Waals surface area contributed by atoms with Crippen LogP contribution in [0.1, 0.15) is 19.4 Å². The van der Waals surface area contributed by atoms with Crippen LogP contribution in [0.2, 0.25) is 5.28 Å². The Kier molecular flexibility index (Phi) is 5.08. The molecule has 0 aliphatic rings. The molecule has 0 N–H and O–H groups in total. The molecular weight excluding hydrogens is 296 g/mol. The van der Waals surface area contributed by atoms with Crippen LogP contribution in [-0.4, -0.2) is 38.0 Å². The van der Waals surface area contributed by atoms with Crippen molar-refractivity contribution in [1.29, 1.82) is 0 Å². The van der Waals surface area contributed by atoms with Crippen LogP contribution in [0, 0.1) is 6.92 Å². The number of aryl methyl sites for hydroxylation is 1. The normalized spacial score (nSPS) is 10.6. The van der Waals surface area contributed by atoms with E-state index in [1.807, 2.05) is 25.7 Å². The molecule has 0 saturated carbocycles. The summed E-state index contributed by atoms with van der Waals surface area (Å²) in [5, 5.41) is 1.26. The van der Waals surface area contributed by atoms with Gasteiger partial charge < -0.3 is 4.90 Å². The summed E-state index contributed by atoms with van der Waals surface area (Å²) in [6.07, 6.45) is 3.51. The van der Waals surface area contributed by atoms with Crippen LogP contribution in [0.5, 0.6) is 0 Å². The first-order valence-corrected chi connectivity index (χ1v) is 7.44. The van der Waals surface area contributed by atoms with E-state index in [-0.39, 0.29) is 5.28 Å². The fourth-order valence-corrected chi connectivity index (χ4v) is 2.37. The Morgan fingerprint density at radius 2 is 1.70 bits per heavy atom. The molecule has 0 saturated heterocycles. The number of halogens is 1. The monoisotopic (exact) mass is 310 g/mol. The molecule has 106 valence electrons. The van der Waals surface area contributed by atoms with Crippen molar-refractivity contribution >= 4 is 29.3 Å². The Bertz CT molecular complexity index is 573. The van der Waals surface area contributed by atoms with E-state index in [2.05, 4.69) is 24.9 Å². The Balaban J connectivity index is 2.25. The third-order valence-corrected chi connectivity index (χ3v) is 3.49. The molecule has 0 atom stereocenters. The van der Waals surface area contributed by atoms with Gasteiger partial charge in [0.15, 0.2) is 5.16 Å². The molecule has 20 heavy (non-hydrogen) atoms. The second kappa shape index (κ2) is 6.81. The van der Waals surface area contributed by atoms with Crippen molar-refractivity contribution in [2.75, 3.05) is 18.0 Å². The van der Waals surface area contributed by atoms with Gasteiger partial charge in [-0.15, -0.1) is 0 Å². The average molecular weight is 311 g/mol. The Morgan fingerprint density at radius 1 is 1.05 bits per heavy atom. The molecule has 8 heteroatoms. The average Bonchev–Trinajstić information content (AvgIpc) is 2.42. The highest BCUT2D eigenvalue weighted by Gasteiger charge is 2.12. The molecule has 0 unspecified atom stereocenters. The van der Waals surface area contributed by atoms with Crippen LogP contribution in [0.25, 0.3) is 0 Å². The van der Waals surface area contributed by atoms with Crippen LogP contribution >= 0.6 is 23.4 Å². The van der Waals surface area contributed by atoms with Gasteiger partial charge >= 0.3 is 0 Å². The standard InChI is InChI=1S/C12H15ClN6S/c1-4-19(5-2)10-16-9(13)17-12(18-10)20-11-14-6-8(3)7-15-11/h6-7H,4-5H2,1-3H3. The molecule has 0 fully saturated rings. The van der Waals surface area contributed by atoms with Crippen molar-refractivity contribution in [2.24, 2.45) is 0 Å². The van der Waals surface area contributed by atoms with Gasteiger partial charge in [0.25, 0.3) is 0 Å². The number of hydrogen-bond donors (Lipinski definition) is 0. The highest BCUT2D eigenvalue weighted by Crippen LogP contribution is 2.23. The maximum absolute atomic E-state index is 5.96. The van der Waals surface area contributed by atoms with Crippen molar-refractivity contribution in [3.05, 3.63) is 23.2 Å². The second-order valence-corrected chi connectivity index (χ2v) is 5.28. The molecule has 2 aromatic heterocycles. The lowest BCUT2D eigenvalue weighted by Gasteiger charge is -2.18. The van der Waals surface area contributed by atoms with Gasteiger partial charge in [-0.3, -0.25) is 0 Å². The minimum Gasteiger partial charge on any atom is -0.341 e. The summed E-state index contributed by atoms with van der Waals surface area (Å²) < 4.78 is 0. The van der Waals surface area contributed by atoms with Crippen molar-refractivity contribution in [3.63, 3.8) is 0 Å². The molecule has 0 spiro atoms. The molecule has 0 aliphatic heterocycles. The Labute approximate surface area is 127 Å². The summed E-state index contributed by atoms with van der Waals surface area (Å²) in [6, 6.07) is 0. The number of anilines is 1. The molecular formula is C12H15ClN6S. The van der Waals surface area contributed by atoms with Crippen molar-refractivity contribution in [3.8, 4) is 0 Å². The predicted molar refractivity (Wildman–Crippen MR) is 79.3 cm³/mol. The number of nitrogens with zero attached hydrogens (tertiary/aromatic N) is 6. The summed E-state index contributed by atoms with van der Waals surface area (Å²) >= 11 is 7.22. The van der Waals surface area contributed by atoms with E-state index in [0.717, 1.165) is 18.7 Å². The zero-order valence-electron chi connectivity index (χ0n) is 11.5. The van der Waals surface area contributed by atoms with Gasteiger partial charge in [-0.2, -0.15) is 15.0 Å². The van der Waals surface area contributed by atoms with Gasteiger partial charge in [0, 0.05) is 25.5 Å². The minimum atomic E-state index is 0.177. The number of hydrogen-bond acceptors (Lipinski definition) is 7. The van der Waals surface area contributed by atoms with Crippen LogP contribution in [0.4, 0.5) is 5.95 Å². The molecule has 6 nitrogen and oxygen atoms in total. The lowest BCUT2D eigenvalue weighted by molar-refractivity contribution is 0.780. The summed E-state index contributed by atoms with van der Waals surface area (Å²) in [5.41, 5.74) is 1.01. The van der Waals surface area contributed by atoms with Gasteiger partial charge in [0.2, 0.25) is 16.4 Å². The van der Waals surface area contributed by atoms with Gasteiger partial charge in [-0.25, -0.2) is 9.97 Å². The SMILES string of the molecule is CCN(CC)c1nc(Cl)nc(Sc2ncc(C)cn2)n1. The first kappa shape index (κ1) is 14.9. The van der Waals surface area contributed by atoms with Gasteiger partial charge in [0.05, 0.1) is 0 Å². The lowest BCUT2D eigenvalue weighted by atomic mass is 10.4. The quantitative estimate of drug-likeness (QED) is 0.786. The number of rotatable bonds is 5. The van der Waals surface area contributed by atoms with Crippen LogP contribution in [0.3, 0.4) is 0 Å². The summed E-state index contributed by atoms with van der Waals surface area (Å²) in [4.78, 5) is 23.1. The molecule has 2 heterocycles. The fourth-order valence-electron chi connectivity index (χ4n) is 1.53. The van der Waals surface area contributed by atoms with Crippen LogP contribution in [-0.2, 0) is 0 Å². The predicted octanol–water partition coefficient (Wildman–Crippen LogP) is 2.62. The third-order valence-electron chi connectivity index (χ3n) is 2.56. The molecule has 0 aliphatic carbocycles. The summed E-state index contributed by atoms with van der Waals surface area (Å²) in [5.74, 6) is 0.574. The fraction of sp³-hybridized carbons (Fsp3) is 0.417. The molecule has 0 radical (unpaired) electrons. The third kappa shape index (κ3) is 3.77. The van der Waals surface area contributed by atoms with E-state index in [1.54, 1.807) is 12.4 Å². The molecule has 0 bridgehead atoms. The maximum Gasteiger partial charge on any atom is 0.230 e. The Hall–Kier alpha value is -1.47. The Morgan fingerprint density at radius 3 is 2.30 bits per heavy atom. The lowest BCUT2D eigenvalue weighted by Crippen LogP contribution is -2.24. The second-order valence-electron chi connectivity index (χ2n) is 4.00. The van der Waals surface area contributed by atoms with E-state index < -0.39 is 0 Å². The van der Waals surface area contributed by atoms with Crippen molar-refractivity contribution in [2.45, 2.75) is 31.1 Å². The summed E-state index contributed by atoms with van der Waals surface area (Å²) in [6.45, 7) is 7.63. The van der Waals surface area contributed by atoms with E-state index in [4.69, 9.17) is 11.6 Å². The molecule has 2 aromatic rings. The van der Waals surface area contributed by atoms with E-state index in [1.165, 1.54) is 11.8 Å². The highest BCUT2D eigenvalue weighted by atomic mass is 35.5. The van der Waals surface area contributed by atoms with Gasteiger partial charge in [-0.05, 0) is 49.7 Å². The van der Waals surface area contributed by atoms with Gasteiger partial charge in [-0.1, -0.05) is 0 Å². The largest absolute Gasteiger partial charge is 0.341 e. The number of aromatic nitrogens is 5. The molecule has 2 rings (SSSR count). The topological polar surface area (TPSA) is 67.7 Å². The smallest absolute Gasteiger partial charge is 0.230 e. The zero-order valence-corrected chi connectivity index (χ0v) is 13.1. The van der Waals surface area contributed by atoms with Crippen LogP contribution < -0.4 is 4.90 Å². The molecule has 0 amide bonds. The minimum absolute atomic E-state index is 0.177. The maximum atomic E-state index is 5.96. The highest BCUT2D eigenvalue weighted by molar-refractivity contribution is 7.99. The summed E-state index contributed by atoms with van der Waals surface area (Å²) in [7, 11) is 0. The zero-order chi connectivity index (χ0) is 14.5. The van der Waals surface area contributed by atoms with E-state index in [0.29, 0.717) is 16.3 Å².